The summed E-state index contributed by atoms with van der Waals surface area (Å²) in [5.41, 5.74) is 5.49. The average Bonchev–Trinajstić information content (AvgIpc) is 2.47. The molecule has 0 aromatic heterocycles. The minimum absolute atomic E-state index is 0. The molecular formula is C13H20ClN3O4S. The fraction of sp³-hybridized carbons (Fsp3) is 0.538. The van der Waals surface area contributed by atoms with E-state index in [4.69, 9.17) is 5.73 Å². The second-order valence-corrected chi connectivity index (χ2v) is 7.12. The van der Waals surface area contributed by atoms with Crippen molar-refractivity contribution in [2.45, 2.75) is 43.2 Å². The van der Waals surface area contributed by atoms with Crippen molar-refractivity contribution < 1.29 is 13.3 Å². The maximum Gasteiger partial charge on any atom is 0.289 e. The number of hydrogen-bond donors (Lipinski definition) is 1. The standard InChI is InChI=1S/C13H19N3O4S.ClH/c1-10(14)11-6-4-5-9-15(11)21(19,20)13-8-3-2-7-12(13)16(17)18;/h2-3,7-8,10-11H,4-6,9,14H2,1H3;1H. The quantitative estimate of drug-likeness (QED) is 0.660. The van der Waals surface area contributed by atoms with Gasteiger partial charge in [0, 0.05) is 24.7 Å². The normalized spacial score (nSPS) is 20.9. The lowest BCUT2D eigenvalue weighted by Gasteiger charge is -2.36. The summed E-state index contributed by atoms with van der Waals surface area (Å²) in [4.78, 5) is 10.1. The Balaban J connectivity index is 0.00000242. The first-order chi connectivity index (χ1) is 9.85. The van der Waals surface area contributed by atoms with Gasteiger partial charge >= 0.3 is 0 Å². The van der Waals surface area contributed by atoms with Gasteiger partial charge in [0.15, 0.2) is 4.90 Å². The van der Waals surface area contributed by atoms with Crippen molar-refractivity contribution in [1.82, 2.24) is 4.31 Å². The van der Waals surface area contributed by atoms with Crippen molar-refractivity contribution in [3.63, 3.8) is 0 Å². The molecule has 0 bridgehead atoms. The lowest BCUT2D eigenvalue weighted by atomic mass is 10.00. The Hall–Kier alpha value is -1.22. The zero-order valence-corrected chi connectivity index (χ0v) is 13.8. The van der Waals surface area contributed by atoms with Crippen molar-refractivity contribution >= 4 is 28.1 Å². The van der Waals surface area contributed by atoms with Crippen LogP contribution in [0.25, 0.3) is 0 Å². The molecule has 9 heteroatoms. The smallest absolute Gasteiger partial charge is 0.289 e. The molecule has 0 spiro atoms. The Morgan fingerprint density at radius 3 is 2.59 bits per heavy atom. The van der Waals surface area contributed by atoms with Crippen molar-refractivity contribution in [2.75, 3.05) is 6.54 Å². The molecule has 1 saturated heterocycles. The molecule has 22 heavy (non-hydrogen) atoms. The third kappa shape index (κ3) is 3.57. The molecule has 1 aromatic rings. The summed E-state index contributed by atoms with van der Waals surface area (Å²) >= 11 is 0. The van der Waals surface area contributed by atoms with Gasteiger partial charge in [-0.2, -0.15) is 4.31 Å². The van der Waals surface area contributed by atoms with Crippen LogP contribution < -0.4 is 5.73 Å². The number of nitrogens with two attached hydrogens (primary N) is 1. The van der Waals surface area contributed by atoms with Gasteiger partial charge in [0.25, 0.3) is 5.69 Å². The Bertz CT molecular complexity index is 636. The number of rotatable bonds is 4. The van der Waals surface area contributed by atoms with Crippen LogP contribution in [0, 0.1) is 10.1 Å². The van der Waals surface area contributed by atoms with Crippen LogP contribution in [0.2, 0.25) is 0 Å². The summed E-state index contributed by atoms with van der Waals surface area (Å²) in [6.07, 6.45) is 2.33. The van der Waals surface area contributed by atoms with Crippen LogP contribution in [0.15, 0.2) is 29.2 Å². The first kappa shape index (κ1) is 18.8. The summed E-state index contributed by atoms with van der Waals surface area (Å²) in [6, 6.07) is 4.80. The molecular weight excluding hydrogens is 330 g/mol. The lowest BCUT2D eigenvalue weighted by molar-refractivity contribution is -0.387. The van der Waals surface area contributed by atoms with Crippen LogP contribution in [0.4, 0.5) is 5.69 Å². The molecule has 1 aliphatic rings. The fourth-order valence-electron chi connectivity index (χ4n) is 2.71. The molecule has 0 saturated carbocycles. The molecule has 1 aliphatic heterocycles. The summed E-state index contributed by atoms with van der Waals surface area (Å²) in [7, 11) is -3.92. The van der Waals surface area contributed by atoms with E-state index in [1.165, 1.54) is 28.6 Å². The van der Waals surface area contributed by atoms with Crippen LogP contribution in [-0.2, 0) is 10.0 Å². The fourth-order valence-corrected chi connectivity index (χ4v) is 4.64. The van der Waals surface area contributed by atoms with Gasteiger partial charge in [0.2, 0.25) is 10.0 Å². The van der Waals surface area contributed by atoms with Gasteiger partial charge in [0.05, 0.1) is 4.92 Å². The van der Waals surface area contributed by atoms with Crippen molar-refractivity contribution in [3.05, 3.63) is 34.4 Å². The maximum absolute atomic E-state index is 12.8. The second kappa shape index (κ2) is 7.36. The maximum atomic E-state index is 12.8. The number of sulfonamides is 1. The number of para-hydroxylation sites is 1. The number of halogens is 1. The highest BCUT2D eigenvalue weighted by Gasteiger charge is 2.38. The van der Waals surface area contributed by atoms with Crippen molar-refractivity contribution in [3.8, 4) is 0 Å². The van der Waals surface area contributed by atoms with Gasteiger partial charge in [-0.25, -0.2) is 8.42 Å². The molecule has 1 aromatic carbocycles. The number of hydrogen-bond acceptors (Lipinski definition) is 5. The molecule has 2 N–H and O–H groups in total. The number of nitro benzene ring substituents is 1. The van der Waals surface area contributed by atoms with Crippen molar-refractivity contribution in [1.29, 1.82) is 0 Å². The predicted molar refractivity (Wildman–Crippen MR) is 85.5 cm³/mol. The van der Waals surface area contributed by atoms with Crippen LogP contribution in [-0.4, -0.2) is 36.3 Å². The minimum atomic E-state index is -3.92. The van der Waals surface area contributed by atoms with Crippen LogP contribution >= 0.6 is 12.4 Å². The predicted octanol–water partition coefficient (Wildman–Crippen LogP) is 1.91. The molecule has 0 radical (unpaired) electrons. The van der Waals surface area contributed by atoms with Gasteiger partial charge in [-0.05, 0) is 25.8 Å². The summed E-state index contributed by atoms with van der Waals surface area (Å²) in [5, 5.41) is 11.1. The summed E-state index contributed by atoms with van der Waals surface area (Å²) in [6.45, 7) is 2.11. The van der Waals surface area contributed by atoms with E-state index < -0.39 is 20.6 Å². The van der Waals surface area contributed by atoms with E-state index in [0.29, 0.717) is 13.0 Å². The highest BCUT2D eigenvalue weighted by Crippen LogP contribution is 2.31. The minimum Gasteiger partial charge on any atom is -0.326 e. The molecule has 2 unspecified atom stereocenters. The Labute approximate surface area is 136 Å². The number of nitrogens with zero attached hydrogens (tertiary/aromatic N) is 2. The molecule has 1 heterocycles. The van der Waals surface area contributed by atoms with Gasteiger partial charge in [0.1, 0.15) is 0 Å². The Morgan fingerprint density at radius 1 is 1.36 bits per heavy atom. The molecule has 0 amide bonds. The van der Waals surface area contributed by atoms with Gasteiger partial charge in [-0.3, -0.25) is 10.1 Å². The average molecular weight is 350 g/mol. The van der Waals surface area contributed by atoms with E-state index in [0.717, 1.165) is 12.8 Å². The first-order valence-electron chi connectivity index (χ1n) is 6.86. The summed E-state index contributed by atoms with van der Waals surface area (Å²) < 4.78 is 26.9. The van der Waals surface area contributed by atoms with Crippen LogP contribution in [0.3, 0.4) is 0 Å². The van der Waals surface area contributed by atoms with Crippen molar-refractivity contribution in [2.24, 2.45) is 5.73 Å². The van der Waals surface area contributed by atoms with Gasteiger partial charge in [-0.15, -0.1) is 12.4 Å². The Morgan fingerprint density at radius 2 is 2.00 bits per heavy atom. The Kier molecular flexibility index (Phi) is 6.30. The van der Waals surface area contributed by atoms with Crippen LogP contribution in [0.1, 0.15) is 26.2 Å². The summed E-state index contributed by atoms with van der Waals surface area (Å²) in [5.74, 6) is 0. The molecule has 0 aliphatic carbocycles. The largest absolute Gasteiger partial charge is 0.326 e. The monoisotopic (exact) mass is 349 g/mol. The van der Waals surface area contributed by atoms with E-state index >= 15 is 0 Å². The second-order valence-electron chi connectivity index (χ2n) is 5.26. The number of nitro groups is 1. The van der Waals surface area contributed by atoms with E-state index in [9.17, 15) is 18.5 Å². The highest BCUT2D eigenvalue weighted by molar-refractivity contribution is 7.89. The zero-order valence-electron chi connectivity index (χ0n) is 12.2. The molecule has 2 atom stereocenters. The zero-order chi connectivity index (χ0) is 15.6. The topological polar surface area (TPSA) is 107 Å². The molecule has 7 nitrogen and oxygen atoms in total. The lowest BCUT2D eigenvalue weighted by Crippen LogP contribution is -2.51. The van der Waals surface area contributed by atoms with E-state index in [1.54, 1.807) is 6.92 Å². The van der Waals surface area contributed by atoms with Gasteiger partial charge in [-0.1, -0.05) is 18.6 Å². The van der Waals surface area contributed by atoms with Gasteiger partial charge < -0.3 is 5.73 Å². The molecule has 1 fully saturated rings. The van der Waals surface area contributed by atoms with E-state index in [1.807, 2.05) is 0 Å². The van der Waals surface area contributed by atoms with E-state index in [2.05, 4.69) is 0 Å². The van der Waals surface area contributed by atoms with Crippen LogP contribution in [0.5, 0.6) is 0 Å². The SMILES string of the molecule is CC(N)C1CCCCN1S(=O)(=O)c1ccccc1[N+](=O)[O-].Cl. The first-order valence-corrected chi connectivity index (χ1v) is 8.30. The van der Waals surface area contributed by atoms with E-state index in [-0.39, 0.29) is 29.4 Å². The highest BCUT2D eigenvalue weighted by atomic mass is 35.5. The third-order valence-electron chi connectivity index (χ3n) is 3.75. The number of piperidine rings is 1. The third-order valence-corrected chi connectivity index (χ3v) is 5.73. The molecule has 124 valence electrons. The number of benzene rings is 1. The molecule has 2 rings (SSSR count).